The molecule has 2 rings (SSSR count). The molecule has 0 heterocycles. The Hall–Kier alpha value is -2.14. The summed E-state index contributed by atoms with van der Waals surface area (Å²) in [5.74, 6) is -0.587. The van der Waals surface area contributed by atoms with Gasteiger partial charge in [-0.25, -0.2) is 4.79 Å². The number of hydrogen-bond acceptors (Lipinski definition) is 3. The highest BCUT2D eigenvalue weighted by atomic mass is 79.9. The second-order valence-electron chi connectivity index (χ2n) is 5.79. The number of hydrogen-bond donors (Lipinski definition) is 1. The van der Waals surface area contributed by atoms with Crippen LogP contribution >= 0.6 is 15.9 Å². The molecule has 4 nitrogen and oxygen atoms in total. The molecular weight excluding hydrogens is 382 g/mol. The maximum atomic E-state index is 12.2. The summed E-state index contributed by atoms with van der Waals surface area (Å²) in [5.41, 5.74) is 1.58. The second-order valence-corrected chi connectivity index (χ2v) is 6.64. The minimum Gasteiger partial charge on any atom is -0.449 e. The van der Waals surface area contributed by atoms with E-state index in [0.717, 1.165) is 6.42 Å². The first-order valence-electron chi connectivity index (χ1n) is 8.31. The molecule has 0 fully saturated rings. The van der Waals surface area contributed by atoms with Crippen molar-refractivity contribution in [1.29, 1.82) is 0 Å². The summed E-state index contributed by atoms with van der Waals surface area (Å²) in [5, 5.41) is 2.88. The van der Waals surface area contributed by atoms with Gasteiger partial charge in [-0.15, -0.1) is 0 Å². The molecule has 2 atom stereocenters. The maximum absolute atomic E-state index is 12.2. The van der Waals surface area contributed by atoms with Gasteiger partial charge in [0.1, 0.15) is 0 Å². The largest absolute Gasteiger partial charge is 0.449 e. The highest BCUT2D eigenvalue weighted by molar-refractivity contribution is 9.10. The van der Waals surface area contributed by atoms with E-state index in [4.69, 9.17) is 4.74 Å². The zero-order chi connectivity index (χ0) is 18.2. The first kappa shape index (κ1) is 19.2. The number of nitrogens with one attached hydrogen (secondary N) is 1. The first-order chi connectivity index (χ1) is 12.0. The number of carbonyl (C=O) groups excluding carboxylic acids is 2. The summed E-state index contributed by atoms with van der Waals surface area (Å²) in [6.45, 7) is 4.17. The van der Waals surface area contributed by atoms with Crippen LogP contribution < -0.4 is 5.32 Å². The molecule has 0 radical (unpaired) electrons. The Labute approximate surface area is 156 Å². The van der Waals surface area contributed by atoms with Gasteiger partial charge in [-0.05, 0) is 47.0 Å². The van der Waals surface area contributed by atoms with Crippen molar-refractivity contribution >= 4 is 27.8 Å². The Morgan fingerprint density at radius 2 is 1.72 bits per heavy atom. The van der Waals surface area contributed by atoms with Crippen molar-refractivity contribution in [1.82, 2.24) is 5.32 Å². The molecule has 132 valence electrons. The summed E-state index contributed by atoms with van der Waals surface area (Å²) >= 11 is 3.31. The fraction of sp³-hybridized carbons (Fsp3) is 0.300. The molecule has 5 heteroatoms. The van der Waals surface area contributed by atoms with Crippen LogP contribution in [-0.2, 0) is 9.53 Å². The molecule has 0 aliphatic carbocycles. The standard InChI is InChI=1S/C20H22BrNO3/c1-3-15(16-9-5-4-6-10-16)13-22-19(23)14(2)25-20(24)17-11-7-8-12-18(17)21/h4-12,14-15H,3,13H2,1-2H3,(H,22,23)/t14-,15-/m0/s1. The van der Waals surface area contributed by atoms with Crippen LogP contribution in [0.25, 0.3) is 0 Å². The van der Waals surface area contributed by atoms with Gasteiger partial charge in [-0.1, -0.05) is 49.4 Å². The molecule has 1 amide bonds. The number of esters is 1. The number of amides is 1. The topological polar surface area (TPSA) is 55.4 Å². The predicted octanol–water partition coefficient (Wildman–Crippen LogP) is 4.30. The van der Waals surface area contributed by atoms with Gasteiger partial charge < -0.3 is 10.1 Å². The van der Waals surface area contributed by atoms with Crippen LogP contribution in [0.4, 0.5) is 0 Å². The van der Waals surface area contributed by atoms with E-state index in [-0.39, 0.29) is 11.8 Å². The second kappa shape index (κ2) is 9.37. The molecule has 0 unspecified atom stereocenters. The Balaban J connectivity index is 1.90. The monoisotopic (exact) mass is 403 g/mol. The lowest BCUT2D eigenvalue weighted by Crippen LogP contribution is -2.38. The lowest BCUT2D eigenvalue weighted by molar-refractivity contribution is -0.129. The maximum Gasteiger partial charge on any atom is 0.340 e. The lowest BCUT2D eigenvalue weighted by Gasteiger charge is -2.18. The molecular formula is C20H22BrNO3. The third kappa shape index (κ3) is 5.43. The summed E-state index contributed by atoms with van der Waals surface area (Å²) in [6, 6.07) is 17.0. The quantitative estimate of drug-likeness (QED) is 0.700. The fourth-order valence-electron chi connectivity index (χ4n) is 2.49. The molecule has 25 heavy (non-hydrogen) atoms. The average molecular weight is 404 g/mol. The molecule has 0 spiro atoms. The first-order valence-corrected chi connectivity index (χ1v) is 9.10. The van der Waals surface area contributed by atoms with Gasteiger partial charge in [-0.3, -0.25) is 4.79 Å². The molecule has 0 aliphatic rings. The minimum absolute atomic E-state index is 0.233. The molecule has 2 aromatic rings. The summed E-state index contributed by atoms with van der Waals surface area (Å²) in [4.78, 5) is 24.4. The molecule has 0 saturated carbocycles. The van der Waals surface area contributed by atoms with Gasteiger partial charge in [-0.2, -0.15) is 0 Å². The van der Waals surface area contributed by atoms with E-state index in [1.54, 1.807) is 25.1 Å². The van der Waals surface area contributed by atoms with Crippen molar-refractivity contribution in [2.24, 2.45) is 0 Å². The van der Waals surface area contributed by atoms with E-state index in [0.29, 0.717) is 16.6 Å². The van der Waals surface area contributed by atoms with Crippen LogP contribution in [0, 0.1) is 0 Å². The van der Waals surface area contributed by atoms with Crippen LogP contribution in [-0.4, -0.2) is 24.5 Å². The summed E-state index contributed by atoms with van der Waals surface area (Å²) < 4.78 is 5.91. The third-order valence-corrected chi connectivity index (χ3v) is 4.72. The van der Waals surface area contributed by atoms with Gasteiger partial charge in [0.05, 0.1) is 5.56 Å². The predicted molar refractivity (Wildman–Crippen MR) is 102 cm³/mol. The van der Waals surface area contributed by atoms with Crippen LogP contribution in [0.3, 0.4) is 0 Å². The number of carbonyl (C=O) groups is 2. The smallest absolute Gasteiger partial charge is 0.340 e. The van der Waals surface area contributed by atoms with Gasteiger partial charge >= 0.3 is 5.97 Å². The van der Waals surface area contributed by atoms with Crippen molar-refractivity contribution in [3.63, 3.8) is 0 Å². The van der Waals surface area contributed by atoms with Crippen LogP contribution in [0.1, 0.15) is 42.1 Å². The Bertz CT molecular complexity index is 718. The van der Waals surface area contributed by atoms with Gasteiger partial charge in [0.15, 0.2) is 6.10 Å². The molecule has 0 bridgehead atoms. The minimum atomic E-state index is -0.854. The fourth-order valence-corrected chi connectivity index (χ4v) is 2.94. The zero-order valence-electron chi connectivity index (χ0n) is 14.4. The van der Waals surface area contributed by atoms with E-state index in [2.05, 4.69) is 40.3 Å². The van der Waals surface area contributed by atoms with Crippen molar-refractivity contribution in [3.8, 4) is 0 Å². The Morgan fingerprint density at radius 3 is 2.36 bits per heavy atom. The molecule has 0 saturated heterocycles. The SMILES string of the molecule is CC[C@@H](CNC(=O)[C@H](C)OC(=O)c1ccccc1Br)c1ccccc1. The van der Waals surface area contributed by atoms with Gasteiger partial charge in [0.25, 0.3) is 5.91 Å². The molecule has 2 aromatic carbocycles. The summed E-state index contributed by atoms with van der Waals surface area (Å²) in [6.07, 6.45) is 0.0583. The van der Waals surface area contributed by atoms with E-state index < -0.39 is 12.1 Å². The highest BCUT2D eigenvalue weighted by Crippen LogP contribution is 2.19. The Morgan fingerprint density at radius 1 is 1.08 bits per heavy atom. The van der Waals surface area contributed by atoms with Gasteiger partial charge in [0.2, 0.25) is 0 Å². The zero-order valence-corrected chi connectivity index (χ0v) is 16.0. The third-order valence-electron chi connectivity index (χ3n) is 4.03. The van der Waals surface area contributed by atoms with E-state index >= 15 is 0 Å². The van der Waals surface area contributed by atoms with E-state index in [1.807, 2.05) is 24.3 Å². The summed E-state index contributed by atoms with van der Waals surface area (Å²) in [7, 11) is 0. The van der Waals surface area contributed by atoms with Crippen LogP contribution in [0.15, 0.2) is 59.1 Å². The van der Waals surface area contributed by atoms with Crippen molar-refractivity contribution < 1.29 is 14.3 Å². The van der Waals surface area contributed by atoms with Crippen molar-refractivity contribution in [2.45, 2.75) is 32.3 Å². The number of benzene rings is 2. The van der Waals surface area contributed by atoms with Crippen LogP contribution in [0.2, 0.25) is 0 Å². The van der Waals surface area contributed by atoms with E-state index in [9.17, 15) is 9.59 Å². The van der Waals surface area contributed by atoms with Gasteiger partial charge in [0, 0.05) is 16.9 Å². The van der Waals surface area contributed by atoms with E-state index in [1.165, 1.54) is 5.56 Å². The van der Waals surface area contributed by atoms with Crippen molar-refractivity contribution in [3.05, 3.63) is 70.2 Å². The highest BCUT2D eigenvalue weighted by Gasteiger charge is 2.21. The Kier molecular flexibility index (Phi) is 7.19. The van der Waals surface area contributed by atoms with Crippen LogP contribution in [0.5, 0.6) is 0 Å². The molecule has 1 N–H and O–H groups in total. The number of rotatable bonds is 7. The molecule has 0 aliphatic heterocycles. The number of halogens is 1. The average Bonchev–Trinajstić information content (AvgIpc) is 2.63. The number of ether oxygens (including phenoxy) is 1. The van der Waals surface area contributed by atoms with Crippen molar-refractivity contribution in [2.75, 3.05) is 6.54 Å². The molecule has 0 aromatic heterocycles. The lowest BCUT2D eigenvalue weighted by atomic mass is 9.96. The normalized spacial score (nSPS) is 12.9.